The molecule has 4 bridgehead atoms. The van der Waals surface area contributed by atoms with Crippen molar-refractivity contribution < 1.29 is 17.9 Å². The largest absolute Gasteiger partial charge is 0.497 e. The molecule has 206 valence electrons. The summed E-state index contributed by atoms with van der Waals surface area (Å²) in [5.74, 6) is 3.28. The van der Waals surface area contributed by atoms with Gasteiger partial charge in [0.25, 0.3) is 15.9 Å². The van der Waals surface area contributed by atoms with E-state index < -0.39 is 10.0 Å². The van der Waals surface area contributed by atoms with Crippen LogP contribution in [0.25, 0.3) is 0 Å². The lowest BCUT2D eigenvalue weighted by molar-refractivity contribution is -0.0530. The van der Waals surface area contributed by atoms with Crippen molar-refractivity contribution in [3.8, 4) is 5.75 Å². The van der Waals surface area contributed by atoms with E-state index >= 15 is 0 Å². The Morgan fingerprint density at radius 3 is 2.39 bits per heavy atom. The number of amides is 1. The van der Waals surface area contributed by atoms with Crippen LogP contribution in [0.5, 0.6) is 5.75 Å². The zero-order valence-corrected chi connectivity index (χ0v) is 23.8. The summed E-state index contributed by atoms with van der Waals surface area (Å²) in [6, 6.07) is 10.8. The third-order valence-corrected chi connectivity index (χ3v) is 12.8. The van der Waals surface area contributed by atoms with Crippen LogP contribution in [0.3, 0.4) is 0 Å². The van der Waals surface area contributed by atoms with Gasteiger partial charge in [0.05, 0.1) is 13.7 Å². The summed E-state index contributed by atoms with van der Waals surface area (Å²) < 4.78 is 33.8. The first-order valence-electron chi connectivity index (χ1n) is 14.1. The SMILES string of the molecule is COc1cccc(C(=O)NCc2ccc(S(=O)(=O)N3CCC(NCC45CC6CC(CC(C6)C4)C5)CC3)s2)c1. The van der Waals surface area contributed by atoms with Crippen molar-refractivity contribution in [3.63, 3.8) is 0 Å². The highest BCUT2D eigenvalue weighted by Gasteiger charge is 2.50. The third kappa shape index (κ3) is 5.40. The molecule has 4 saturated carbocycles. The van der Waals surface area contributed by atoms with E-state index in [0.29, 0.717) is 40.1 Å². The van der Waals surface area contributed by atoms with Crippen LogP contribution < -0.4 is 15.4 Å². The minimum Gasteiger partial charge on any atom is -0.497 e. The highest BCUT2D eigenvalue weighted by atomic mass is 32.2. The molecule has 0 unspecified atom stereocenters. The van der Waals surface area contributed by atoms with E-state index in [-0.39, 0.29) is 12.5 Å². The molecule has 5 fully saturated rings. The van der Waals surface area contributed by atoms with E-state index in [1.807, 2.05) is 0 Å². The second kappa shape index (κ2) is 10.6. The maximum absolute atomic E-state index is 13.3. The van der Waals surface area contributed by atoms with Crippen molar-refractivity contribution in [1.29, 1.82) is 0 Å². The molecule has 0 radical (unpaired) electrons. The fourth-order valence-electron chi connectivity index (χ4n) is 7.92. The van der Waals surface area contributed by atoms with E-state index in [4.69, 9.17) is 4.74 Å². The van der Waals surface area contributed by atoms with Gasteiger partial charge in [-0.25, -0.2) is 8.42 Å². The summed E-state index contributed by atoms with van der Waals surface area (Å²) in [7, 11) is -1.96. The first kappa shape index (κ1) is 26.3. The number of nitrogens with one attached hydrogen (secondary N) is 2. The lowest BCUT2D eigenvalue weighted by atomic mass is 9.49. The predicted molar refractivity (Wildman–Crippen MR) is 149 cm³/mol. The zero-order chi connectivity index (χ0) is 26.3. The Balaban J connectivity index is 0.993. The fourth-order valence-corrected chi connectivity index (χ4v) is 10.8. The van der Waals surface area contributed by atoms with Gasteiger partial charge in [0, 0.05) is 36.1 Å². The summed E-state index contributed by atoms with van der Waals surface area (Å²) in [5.41, 5.74) is 1.02. The Morgan fingerprint density at radius 1 is 1.05 bits per heavy atom. The van der Waals surface area contributed by atoms with E-state index in [1.165, 1.54) is 49.9 Å². The highest BCUT2D eigenvalue weighted by Crippen LogP contribution is 2.59. The van der Waals surface area contributed by atoms with Crippen molar-refractivity contribution in [2.75, 3.05) is 26.7 Å². The number of hydrogen-bond donors (Lipinski definition) is 2. The van der Waals surface area contributed by atoms with Gasteiger partial charge in [-0.2, -0.15) is 4.31 Å². The molecule has 1 amide bonds. The molecule has 7 nitrogen and oxygen atoms in total. The van der Waals surface area contributed by atoms with Gasteiger partial charge >= 0.3 is 0 Å². The van der Waals surface area contributed by atoms with Gasteiger partial charge in [-0.05, 0) is 105 Å². The van der Waals surface area contributed by atoms with Crippen LogP contribution in [0.2, 0.25) is 0 Å². The normalized spacial score (nSPS) is 29.4. The topological polar surface area (TPSA) is 87.7 Å². The quantitative estimate of drug-likeness (QED) is 0.469. The third-order valence-electron chi connectivity index (χ3n) is 9.37. The summed E-state index contributed by atoms with van der Waals surface area (Å²) >= 11 is 1.24. The average Bonchev–Trinajstić information content (AvgIpc) is 3.40. The van der Waals surface area contributed by atoms with Gasteiger partial charge in [-0.3, -0.25) is 4.79 Å². The average molecular weight is 558 g/mol. The summed E-state index contributed by atoms with van der Waals surface area (Å²) in [6.45, 7) is 2.51. The van der Waals surface area contributed by atoms with Crippen molar-refractivity contribution in [2.24, 2.45) is 23.2 Å². The summed E-state index contributed by atoms with van der Waals surface area (Å²) in [5, 5.41) is 6.75. The van der Waals surface area contributed by atoms with Gasteiger partial charge in [-0.1, -0.05) is 6.07 Å². The number of nitrogens with zero attached hydrogens (tertiary/aromatic N) is 1. The van der Waals surface area contributed by atoms with Crippen LogP contribution in [0.1, 0.15) is 66.6 Å². The molecule has 1 aromatic heterocycles. The molecule has 5 aliphatic rings. The molecule has 7 rings (SSSR count). The van der Waals surface area contributed by atoms with Crippen molar-refractivity contribution in [2.45, 2.75) is 68.2 Å². The lowest BCUT2D eigenvalue weighted by Gasteiger charge is -2.57. The van der Waals surface area contributed by atoms with Crippen LogP contribution in [0, 0.1) is 23.2 Å². The van der Waals surface area contributed by atoms with Crippen LogP contribution in [-0.2, 0) is 16.6 Å². The zero-order valence-electron chi connectivity index (χ0n) is 22.2. The fraction of sp³-hybridized carbons (Fsp3) is 0.621. The Morgan fingerprint density at radius 2 is 1.74 bits per heavy atom. The van der Waals surface area contributed by atoms with Gasteiger partial charge < -0.3 is 15.4 Å². The first-order chi connectivity index (χ1) is 18.3. The summed E-state index contributed by atoms with van der Waals surface area (Å²) in [4.78, 5) is 13.3. The van der Waals surface area contributed by atoms with Gasteiger partial charge in [0.1, 0.15) is 9.96 Å². The van der Waals surface area contributed by atoms with Gasteiger partial charge in [0.15, 0.2) is 0 Å². The minimum absolute atomic E-state index is 0.218. The summed E-state index contributed by atoms with van der Waals surface area (Å²) in [6.07, 6.45) is 10.3. The molecule has 2 heterocycles. The molecule has 0 spiro atoms. The smallest absolute Gasteiger partial charge is 0.252 e. The predicted octanol–water partition coefficient (Wildman–Crippen LogP) is 4.65. The number of ether oxygens (including phenoxy) is 1. The Hall–Kier alpha value is -1.94. The van der Waals surface area contributed by atoms with E-state index in [0.717, 1.165) is 42.0 Å². The van der Waals surface area contributed by atoms with E-state index in [1.54, 1.807) is 47.8 Å². The number of thiophene rings is 1. The number of carbonyl (C=O) groups excluding carboxylic acids is 1. The number of sulfonamides is 1. The number of hydrogen-bond acceptors (Lipinski definition) is 6. The van der Waals surface area contributed by atoms with E-state index in [2.05, 4.69) is 10.6 Å². The molecule has 9 heteroatoms. The Labute approximate surface area is 230 Å². The first-order valence-corrected chi connectivity index (χ1v) is 16.3. The molecule has 38 heavy (non-hydrogen) atoms. The molecule has 1 aromatic carbocycles. The van der Waals surface area contributed by atoms with Crippen LogP contribution in [0.4, 0.5) is 0 Å². The number of carbonyl (C=O) groups is 1. The standard InChI is InChI=1S/C29H39N3O4S2/c1-36-25-4-2-3-23(14-25)28(33)30-18-26-5-6-27(37-26)38(34,35)32-9-7-24(8-10-32)31-19-29-15-20-11-21(16-29)13-22(12-20)17-29/h2-6,14,20-22,24,31H,7-13,15-19H2,1H3,(H,30,33). The van der Waals surface area contributed by atoms with Gasteiger partial charge in [-0.15, -0.1) is 11.3 Å². The minimum atomic E-state index is -3.52. The number of piperidine rings is 1. The van der Waals surface area contributed by atoms with Crippen LogP contribution in [-0.4, -0.2) is 51.4 Å². The molecule has 2 N–H and O–H groups in total. The number of methoxy groups -OCH3 is 1. The Kier molecular flexibility index (Phi) is 7.31. The second-order valence-corrected chi connectivity index (χ2v) is 15.4. The second-order valence-electron chi connectivity index (χ2n) is 12.1. The monoisotopic (exact) mass is 557 g/mol. The van der Waals surface area contributed by atoms with Crippen molar-refractivity contribution in [3.05, 3.63) is 46.8 Å². The molecular weight excluding hydrogens is 518 g/mol. The van der Waals surface area contributed by atoms with Gasteiger partial charge in [0.2, 0.25) is 0 Å². The molecular formula is C29H39N3O4S2. The maximum Gasteiger partial charge on any atom is 0.252 e. The lowest BCUT2D eigenvalue weighted by Crippen LogP contribution is -2.53. The molecule has 1 saturated heterocycles. The highest BCUT2D eigenvalue weighted by molar-refractivity contribution is 7.91. The van der Waals surface area contributed by atoms with Crippen molar-refractivity contribution in [1.82, 2.24) is 14.9 Å². The van der Waals surface area contributed by atoms with E-state index in [9.17, 15) is 13.2 Å². The van der Waals surface area contributed by atoms with Crippen molar-refractivity contribution >= 4 is 27.3 Å². The Bertz CT molecular complexity index is 1230. The number of rotatable bonds is 9. The van der Waals surface area contributed by atoms with Crippen LogP contribution in [0.15, 0.2) is 40.6 Å². The molecule has 2 aromatic rings. The molecule has 4 aliphatic carbocycles. The molecule has 0 atom stereocenters. The number of benzene rings is 1. The maximum atomic E-state index is 13.3. The van der Waals surface area contributed by atoms with Crippen LogP contribution >= 0.6 is 11.3 Å². The molecule has 1 aliphatic heterocycles.